The Morgan fingerprint density at radius 2 is 2.20 bits per heavy atom. The van der Waals surface area contributed by atoms with Crippen LogP contribution in [0.1, 0.15) is 5.56 Å². The molecule has 2 rings (SSSR count). The van der Waals surface area contributed by atoms with Crippen molar-refractivity contribution in [3.63, 3.8) is 0 Å². The van der Waals surface area contributed by atoms with E-state index in [1.807, 2.05) is 37.5 Å². The molecular formula is C11H12ClN3. The van der Waals surface area contributed by atoms with Gasteiger partial charge in [0.05, 0.1) is 5.69 Å². The van der Waals surface area contributed by atoms with Gasteiger partial charge in [-0.15, -0.1) is 0 Å². The third-order valence-electron chi connectivity index (χ3n) is 2.28. The van der Waals surface area contributed by atoms with Crippen LogP contribution in [-0.2, 0) is 13.6 Å². The van der Waals surface area contributed by atoms with Gasteiger partial charge in [0.15, 0.2) is 0 Å². The van der Waals surface area contributed by atoms with Crippen molar-refractivity contribution in [2.75, 3.05) is 0 Å². The van der Waals surface area contributed by atoms with Crippen LogP contribution >= 0.6 is 11.6 Å². The van der Waals surface area contributed by atoms with Crippen LogP contribution in [0.4, 0.5) is 0 Å². The topological polar surface area (TPSA) is 43.8 Å². The van der Waals surface area contributed by atoms with Crippen LogP contribution in [0.25, 0.3) is 11.3 Å². The minimum Gasteiger partial charge on any atom is -0.326 e. The lowest BCUT2D eigenvalue weighted by Gasteiger charge is -2.05. The second-order valence-corrected chi connectivity index (χ2v) is 3.82. The molecule has 2 N–H and O–H groups in total. The predicted molar refractivity (Wildman–Crippen MR) is 61.5 cm³/mol. The minimum atomic E-state index is 0.489. The number of rotatable bonds is 2. The standard InChI is InChI=1S/C11H12ClN3/c1-15-5-4-11(14-15)10-6-9(12)3-2-8(10)7-13/h2-6H,7,13H2,1H3. The molecule has 0 bridgehead atoms. The third-order valence-corrected chi connectivity index (χ3v) is 2.52. The zero-order chi connectivity index (χ0) is 10.8. The van der Waals surface area contributed by atoms with Crippen molar-refractivity contribution in [1.82, 2.24) is 9.78 Å². The summed E-state index contributed by atoms with van der Waals surface area (Å²) in [5.41, 5.74) is 8.63. The van der Waals surface area contributed by atoms with E-state index in [2.05, 4.69) is 5.10 Å². The quantitative estimate of drug-likeness (QED) is 0.845. The summed E-state index contributed by atoms with van der Waals surface area (Å²) in [6, 6.07) is 7.62. The van der Waals surface area contributed by atoms with Crippen LogP contribution in [0.15, 0.2) is 30.5 Å². The molecule has 0 spiro atoms. The molecule has 0 atom stereocenters. The molecule has 1 heterocycles. The Kier molecular flexibility index (Phi) is 2.75. The third kappa shape index (κ3) is 2.03. The molecule has 0 radical (unpaired) electrons. The summed E-state index contributed by atoms with van der Waals surface area (Å²) in [6.07, 6.45) is 1.90. The fourth-order valence-corrected chi connectivity index (χ4v) is 1.70. The lowest BCUT2D eigenvalue weighted by Crippen LogP contribution is -1.99. The van der Waals surface area contributed by atoms with Crippen LogP contribution in [0.2, 0.25) is 5.02 Å². The summed E-state index contributed by atoms with van der Waals surface area (Å²) in [5, 5.41) is 5.03. The zero-order valence-corrected chi connectivity index (χ0v) is 9.20. The number of nitrogens with two attached hydrogens (primary N) is 1. The van der Waals surface area contributed by atoms with Gasteiger partial charge >= 0.3 is 0 Å². The number of hydrogen-bond donors (Lipinski definition) is 1. The van der Waals surface area contributed by atoms with Crippen molar-refractivity contribution in [3.8, 4) is 11.3 Å². The number of hydrogen-bond acceptors (Lipinski definition) is 2. The number of aryl methyl sites for hydroxylation is 1. The zero-order valence-electron chi connectivity index (χ0n) is 8.44. The first-order chi connectivity index (χ1) is 7.20. The van der Waals surface area contributed by atoms with E-state index in [1.54, 1.807) is 4.68 Å². The first-order valence-electron chi connectivity index (χ1n) is 4.69. The molecule has 0 aliphatic rings. The fourth-order valence-electron chi connectivity index (χ4n) is 1.52. The van der Waals surface area contributed by atoms with Crippen LogP contribution in [-0.4, -0.2) is 9.78 Å². The smallest absolute Gasteiger partial charge is 0.0926 e. The van der Waals surface area contributed by atoms with Gasteiger partial charge in [0.25, 0.3) is 0 Å². The Morgan fingerprint density at radius 3 is 2.80 bits per heavy atom. The summed E-state index contributed by atoms with van der Waals surface area (Å²) >= 11 is 5.96. The molecule has 78 valence electrons. The van der Waals surface area contributed by atoms with Gasteiger partial charge in [0, 0.05) is 30.4 Å². The van der Waals surface area contributed by atoms with E-state index in [9.17, 15) is 0 Å². The lowest BCUT2D eigenvalue weighted by molar-refractivity contribution is 0.770. The first kappa shape index (κ1) is 10.2. The van der Waals surface area contributed by atoms with E-state index in [0.29, 0.717) is 11.6 Å². The Labute approximate surface area is 93.5 Å². The highest BCUT2D eigenvalue weighted by Crippen LogP contribution is 2.25. The maximum atomic E-state index is 5.96. The highest BCUT2D eigenvalue weighted by molar-refractivity contribution is 6.30. The molecule has 1 aromatic carbocycles. The molecule has 0 fully saturated rings. The van der Waals surface area contributed by atoms with Gasteiger partial charge < -0.3 is 5.73 Å². The molecule has 0 saturated heterocycles. The first-order valence-corrected chi connectivity index (χ1v) is 5.07. The monoisotopic (exact) mass is 221 g/mol. The summed E-state index contributed by atoms with van der Waals surface area (Å²) in [6.45, 7) is 0.489. The molecule has 4 heteroatoms. The highest BCUT2D eigenvalue weighted by Gasteiger charge is 2.07. The fraction of sp³-hybridized carbons (Fsp3) is 0.182. The SMILES string of the molecule is Cn1ccc(-c2cc(Cl)ccc2CN)n1. The summed E-state index contributed by atoms with van der Waals surface area (Å²) in [4.78, 5) is 0. The molecule has 0 aliphatic heterocycles. The van der Waals surface area contributed by atoms with Gasteiger partial charge in [-0.1, -0.05) is 17.7 Å². The maximum Gasteiger partial charge on any atom is 0.0926 e. The Bertz CT molecular complexity index is 476. The molecule has 0 unspecified atom stereocenters. The Morgan fingerprint density at radius 1 is 1.40 bits per heavy atom. The van der Waals surface area contributed by atoms with Crippen LogP contribution in [0.5, 0.6) is 0 Å². The van der Waals surface area contributed by atoms with Gasteiger partial charge in [0.1, 0.15) is 0 Å². The van der Waals surface area contributed by atoms with Crippen LogP contribution in [0.3, 0.4) is 0 Å². The van der Waals surface area contributed by atoms with Gasteiger partial charge in [-0.3, -0.25) is 4.68 Å². The molecule has 15 heavy (non-hydrogen) atoms. The second-order valence-electron chi connectivity index (χ2n) is 3.38. The number of halogens is 1. The molecule has 2 aromatic rings. The molecule has 0 amide bonds. The maximum absolute atomic E-state index is 5.96. The lowest BCUT2D eigenvalue weighted by atomic mass is 10.1. The second kappa shape index (κ2) is 4.04. The number of benzene rings is 1. The molecular weight excluding hydrogens is 210 g/mol. The van der Waals surface area contributed by atoms with E-state index in [1.165, 1.54) is 0 Å². The van der Waals surface area contributed by atoms with Gasteiger partial charge in [-0.2, -0.15) is 5.10 Å². The largest absolute Gasteiger partial charge is 0.326 e. The number of aromatic nitrogens is 2. The normalized spacial score (nSPS) is 10.6. The highest BCUT2D eigenvalue weighted by atomic mass is 35.5. The minimum absolute atomic E-state index is 0.489. The van der Waals surface area contributed by atoms with E-state index >= 15 is 0 Å². The summed E-state index contributed by atoms with van der Waals surface area (Å²) in [5.74, 6) is 0. The molecule has 3 nitrogen and oxygen atoms in total. The summed E-state index contributed by atoms with van der Waals surface area (Å²) in [7, 11) is 1.89. The molecule has 0 aliphatic carbocycles. The van der Waals surface area contributed by atoms with E-state index in [-0.39, 0.29) is 0 Å². The van der Waals surface area contributed by atoms with Crippen molar-refractivity contribution in [2.45, 2.75) is 6.54 Å². The van der Waals surface area contributed by atoms with Crippen molar-refractivity contribution in [2.24, 2.45) is 12.8 Å². The average molecular weight is 222 g/mol. The predicted octanol–water partition coefficient (Wildman–Crippen LogP) is 2.20. The van der Waals surface area contributed by atoms with Crippen molar-refractivity contribution >= 4 is 11.6 Å². The van der Waals surface area contributed by atoms with Crippen LogP contribution in [0, 0.1) is 0 Å². The molecule has 1 aromatic heterocycles. The van der Waals surface area contributed by atoms with Crippen LogP contribution < -0.4 is 5.73 Å². The Hall–Kier alpha value is -1.32. The number of nitrogens with zero attached hydrogens (tertiary/aromatic N) is 2. The van der Waals surface area contributed by atoms with Crippen molar-refractivity contribution in [3.05, 3.63) is 41.0 Å². The van der Waals surface area contributed by atoms with Gasteiger partial charge in [0.2, 0.25) is 0 Å². The molecule has 0 saturated carbocycles. The van der Waals surface area contributed by atoms with Gasteiger partial charge in [-0.05, 0) is 23.8 Å². The van der Waals surface area contributed by atoms with Gasteiger partial charge in [-0.25, -0.2) is 0 Å². The summed E-state index contributed by atoms with van der Waals surface area (Å²) < 4.78 is 1.76. The van der Waals surface area contributed by atoms with E-state index in [4.69, 9.17) is 17.3 Å². The van der Waals surface area contributed by atoms with E-state index in [0.717, 1.165) is 16.8 Å². The van der Waals surface area contributed by atoms with E-state index < -0.39 is 0 Å². The van der Waals surface area contributed by atoms with Crippen molar-refractivity contribution in [1.29, 1.82) is 0 Å². The average Bonchev–Trinajstić information content (AvgIpc) is 2.65. The van der Waals surface area contributed by atoms with Crippen molar-refractivity contribution < 1.29 is 0 Å². The Balaban J connectivity index is 2.55.